The predicted molar refractivity (Wildman–Crippen MR) is 72.7 cm³/mol. The Bertz CT molecular complexity index is 242. The Morgan fingerprint density at radius 2 is 2.12 bits per heavy atom. The van der Waals surface area contributed by atoms with Crippen molar-refractivity contribution in [1.29, 1.82) is 5.26 Å². The first-order valence-electron chi connectivity index (χ1n) is 7.28. The molecular formula is C15H28N2. The molecule has 1 saturated carbocycles. The lowest BCUT2D eigenvalue weighted by Gasteiger charge is -2.38. The van der Waals surface area contributed by atoms with Crippen LogP contribution >= 0.6 is 0 Å². The van der Waals surface area contributed by atoms with Gasteiger partial charge in [0.2, 0.25) is 0 Å². The highest BCUT2D eigenvalue weighted by atomic mass is 15.2. The molecule has 0 aliphatic heterocycles. The Morgan fingerprint density at radius 3 is 2.71 bits per heavy atom. The number of rotatable bonds is 6. The Kier molecular flexibility index (Phi) is 6.58. The molecule has 0 N–H and O–H groups in total. The van der Waals surface area contributed by atoms with Crippen LogP contribution in [0.5, 0.6) is 0 Å². The van der Waals surface area contributed by atoms with E-state index in [0.717, 1.165) is 25.0 Å². The molecule has 0 aromatic rings. The van der Waals surface area contributed by atoms with Gasteiger partial charge >= 0.3 is 0 Å². The summed E-state index contributed by atoms with van der Waals surface area (Å²) in [6, 6.07) is 3.03. The van der Waals surface area contributed by atoms with E-state index in [0.29, 0.717) is 12.3 Å². The zero-order chi connectivity index (χ0) is 12.7. The molecule has 2 nitrogen and oxygen atoms in total. The molecule has 1 fully saturated rings. The maximum atomic E-state index is 8.77. The van der Waals surface area contributed by atoms with E-state index >= 15 is 0 Å². The third-order valence-electron chi connectivity index (χ3n) is 3.96. The Labute approximate surface area is 107 Å². The van der Waals surface area contributed by atoms with Crippen molar-refractivity contribution in [3.05, 3.63) is 0 Å². The fourth-order valence-electron chi connectivity index (χ4n) is 3.05. The molecule has 0 heterocycles. The highest BCUT2D eigenvalue weighted by Gasteiger charge is 2.25. The smallest absolute Gasteiger partial charge is 0.0635 e. The molecule has 0 bridgehead atoms. The monoisotopic (exact) mass is 236 g/mol. The van der Waals surface area contributed by atoms with Crippen molar-refractivity contribution in [3.63, 3.8) is 0 Å². The first-order valence-corrected chi connectivity index (χ1v) is 7.28. The van der Waals surface area contributed by atoms with Crippen LogP contribution in [0.1, 0.15) is 59.3 Å². The van der Waals surface area contributed by atoms with Gasteiger partial charge in [0.15, 0.2) is 0 Å². The predicted octanol–water partition coefficient (Wildman–Crippen LogP) is 3.83. The SMILES string of the molecule is CCC1CCCC(N(CCC#N)CC(C)C)C1. The fraction of sp³-hybridized carbons (Fsp3) is 0.933. The molecule has 0 radical (unpaired) electrons. The van der Waals surface area contributed by atoms with Crippen LogP contribution in [0.15, 0.2) is 0 Å². The van der Waals surface area contributed by atoms with Gasteiger partial charge in [0, 0.05) is 25.6 Å². The summed E-state index contributed by atoms with van der Waals surface area (Å²) < 4.78 is 0. The summed E-state index contributed by atoms with van der Waals surface area (Å²) in [6.45, 7) is 8.99. The minimum atomic E-state index is 0.681. The van der Waals surface area contributed by atoms with E-state index in [1.54, 1.807) is 0 Å². The zero-order valence-corrected chi connectivity index (χ0v) is 11.8. The standard InChI is InChI=1S/C15H28N2/c1-4-14-7-5-8-15(11-14)17(10-6-9-16)12-13(2)3/h13-15H,4-8,10-12H2,1-3H3. The minimum Gasteiger partial charge on any atom is -0.299 e. The van der Waals surface area contributed by atoms with Gasteiger partial charge in [-0.1, -0.05) is 40.0 Å². The number of hydrogen-bond acceptors (Lipinski definition) is 2. The topological polar surface area (TPSA) is 27.0 Å². The van der Waals surface area contributed by atoms with Crippen molar-refractivity contribution in [2.45, 2.75) is 65.3 Å². The van der Waals surface area contributed by atoms with Gasteiger partial charge in [0.05, 0.1) is 6.07 Å². The molecule has 0 saturated heterocycles. The lowest BCUT2D eigenvalue weighted by atomic mass is 9.83. The van der Waals surface area contributed by atoms with Gasteiger partial charge in [-0.3, -0.25) is 4.90 Å². The summed E-state index contributed by atoms with van der Waals surface area (Å²) in [6.07, 6.45) is 7.50. The van der Waals surface area contributed by atoms with Gasteiger partial charge < -0.3 is 0 Å². The highest BCUT2D eigenvalue weighted by Crippen LogP contribution is 2.30. The van der Waals surface area contributed by atoms with Crippen LogP contribution in [0.2, 0.25) is 0 Å². The Morgan fingerprint density at radius 1 is 1.35 bits per heavy atom. The lowest BCUT2D eigenvalue weighted by Crippen LogP contribution is -2.41. The second kappa shape index (κ2) is 7.71. The summed E-state index contributed by atoms with van der Waals surface area (Å²) in [4.78, 5) is 2.58. The van der Waals surface area contributed by atoms with Gasteiger partial charge in [-0.15, -0.1) is 0 Å². The van der Waals surface area contributed by atoms with Crippen LogP contribution in [0, 0.1) is 23.2 Å². The fourth-order valence-corrected chi connectivity index (χ4v) is 3.05. The molecule has 98 valence electrons. The van der Waals surface area contributed by atoms with Crippen molar-refractivity contribution in [3.8, 4) is 6.07 Å². The molecule has 1 aliphatic carbocycles. The summed E-state index contributed by atoms with van der Waals surface area (Å²) in [7, 11) is 0. The van der Waals surface area contributed by atoms with Crippen LogP contribution in [0.25, 0.3) is 0 Å². The van der Waals surface area contributed by atoms with E-state index in [1.807, 2.05) is 0 Å². The lowest BCUT2D eigenvalue weighted by molar-refractivity contribution is 0.117. The summed E-state index contributed by atoms with van der Waals surface area (Å²) in [5, 5.41) is 8.77. The Balaban J connectivity index is 2.52. The average Bonchev–Trinajstić information content (AvgIpc) is 2.34. The van der Waals surface area contributed by atoms with Crippen LogP contribution in [-0.2, 0) is 0 Å². The van der Waals surface area contributed by atoms with Crippen molar-refractivity contribution in [2.75, 3.05) is 13.1 Å². The van der Waals surface area contributed by atoms with E-state index in [-0.39, 0.29) is 0 Å². The molecule has 0 aromatic heterocycles. The molecule has 2 heteroatoms. The molecular weight excluding hydrogens is 208 g/mol. The zero-order valence-electron chi connectivity index (χ0n) is 11.8. The van der Waals surface area contributed by atoms with Crippen LogP contribution in [0.3, 0.4) is 0 Å². The van der Waals surface area contributed by atoms with E-state index < -0.39 is 0 Å². The first kappa shape index (κ1) is 14.5. The minimum absolute atomic E-state index is 0.681. The summed E-state index contributed by atoms with van der Waals surface area (Å²) >= 11 is 0. The van der Waals surface area contributed by atoms with E-state index in [4.69, 9.17) is 5.26 Å². The summed E-state index contributed by atoms with van der Waals surface area (Å²) in [5.74, 6) is 1.63. The second-order valence-corrected chi connectivity index (χ2v) is 5.89. The van der Waals surface area contributed by atoms with Gasteiger partial charge in [0.1, 0.15) is 0 Å². The van der Waals surface area contributed by atoms with E-state index in [9.17, 15) is 0 Å². The quantitative estimate of drug-likeness (QED) is 0.701. The van der Waals surface area contributed by atoms with Gasteiger partial charge in [0.25, 0.3) is 0 Å². The molecule has 17 heavy (non-hydrogen) atoms. The van der Waals surface area contributed by atoms with Crippen LogP contribution in [-0.4, -0.2) is 24.0 Å². The van der Waals surface area contributed by atoms with Crippen molar-refractivity contribution in [1.82, 2.24) is 4.90 Å². The normalized spacial score (nSPS) is 25.2. The molecule has 2 unspecified atom stereocenters. The number of hydrogen-bond donors (Lipinski definition) is 0. The number of nitriles is 1. The second-order valence-electron chi connectivity index (χ2n) is 5.89. The van der Waals surface area contributed by atoms with Crippen LogP contribution < -0.4 is 0 Å². The molecule has 0 aromatic carbocycles. The van der Waals surface area contributed by atoms with Crippen molar-refractivity contribution < 1.29 is 0 Å². The maximum Gasteiger partial charge on any atom is 0.0635 e. The third-order valence-corrected chi connectivity index (χ3v) is 3.96. The van der Waals surface area contributed by atoms with Crippen molar-refractivity contribution in [2.24, 2.45) is 11.8 Å². The molecule has 1 rings (SSSR count). The van der Waals surface area contributed by atoms with E-state index in [1.165, 1.54) is 32.1 Å². The molecule has 0 spiro atoms. The van der Waals surface area contributed by atoms with Crippen molar-refractivity contribution >= 4 is 0 Å². The summed E-state index contributed by atoms with van der Waals surface area (Å²) in [5.41, 5.74) is 0. The third kappa shape index (κ3) is 5.08. The largest absolute Gasteiger partial charge is 0.299 e. The van der Waals surface area contributed by atoms with Gasteiger partial charge in [-0.2, -0.15) is 5.26 Å². The maximum absolute atomic E-state index is 8.77. The molecule has 2 atom stereocenters. The van der Waals surface area contributed by atoms with Crippen LogP contribution in [0.4, 0.5) is 0 Å². The van der Waals surface area contributed by atoms with Gasteiger partial charge in [-0.25, -0.2) is 0 Å². The molecule has 0 amide bonds. The highest BCUT2D eigenvalue weighted by molar-refractivity contribution is 4.83. The molecule has 1 aliphatic rings. The average molecular weight is 236 g/mol. The van der Waals surface area contributed by atoms with E-state index in [2.05, 4.69) is 31.7 Å². The first-order chi connectivity index (χ1) is 8.17. The number of nitrogens with zero attached hydrogens (tertiary/aromatic N) is 2. The Hall–Kier alpha value is -0.550. The van der Waals surface area contributed by atoms with Gasteiger partial charge in [-0.05, 0) is 24.7 Å².